The fourth-order valence-electron chi connectivity index (χ4n) is 3.55. The molecule has 23 heavy (non-hydrogen) atoms. The van der Waals surface area contributed by atoms with Crippen LogP contribution in [0.3, 0.4) is 0 Å². The summed E-state index contributed by atoms with van der Waals surface area (Å²) in [5, 5.41) is 0. The second-order valence-electron chi connectivity index (χ2n) is 6.66. The molecule has 3 aliphatic heterocycles. The maximum atomic E-state index is 5.45. The zero-order valence-corrected chi connectivity index (χ0v) is 13.6. The zero-order valence-electron chi connectivity index (χ0n) is 13.6. The molecule has 5 heteroatoms. The molecule has 122 valence electrons. The summed E-state index contributed by atoms with van der Waals surface area (Å²) in [6, 6.07) is 0. The number of hydrogen-bond acceptors (Lipinski definition) is 5. The first-order valence-corrected chi connectivity index (χ1v) is 8.79. The van der Waals surface area contributed by atoms with Gasteiger partial charge in [0, 0.05) is 44.4 Å². The minimum absolute atomic E-state index is 0.861. The molecule has 5 nitrogen and oxygen atoms in total. The third-order valence-electron chi connectivity index (χ3n) is 4.83. The highest BCUT2D eigenvalue weighted by Crippen LogP contribution is 2.21. The Bertz CT molecular complexity index is 638. The number of nitrogens with zero attached hydrogens (tertiary/aromatic N) is 4. The third kappa shape index (κ3) is 3.44. The quantitative estimate of drug-likeness (QED) is 0.860. The van der Waals surface area contributed by atoms with Crippen LogP contribution in [0.25, 0.3) is 0 Å². The van der Waals surface area contributed by atoms with E-state index < -0.39 is 0 Å². The molecule has 0 N–H and O–H groups in total. The van der Waals surface area contributed by atoms with Crippen molar-refractivity contribution in [1.82, 2.24) is 14.9 Å². The maximum Gasteiger partial charge on any atom is 0.173 e. The van der Waals surface area contributed by atoms with Crippen LogP contribution in [0.4, 0.5) is 0 Å². The summed E-state index contributed by atoms with van der Waals surface area (Å²) >= 11 is 0. The highest BCUT2D eigenvalue weighted by atomic mass is 16.5. The molecule has 0 spiro atoms. The van der Waals surface area contributed by atoms with E-state index in [1.807, 2.05) is 12.5 Å². The number of hydrogen-bond donors (Lipinski definition) is 0. The summed E-state index contributed by atoms with van der Waals surface area (Å²) in [5.41, 5.74) is 5.00. The summed E-state index contributed by atoms with van der Waals surface area (Å²) in [6.07, 6.45) is 10.7. The second-order valence-corrected chi connectivity index (χ2v) is 6.66. The van der Waals surface area contributed by atoms with E-state index >= 15 is 0 Å². The molecule has 0 aliphatic carbocycles. The minimum atomic E-state index is 0.861. The van der Waals surface area contributed by atoms with Gasteiger partial charge in [-0.05, 0) is 37.7 Å². The molecular formula is C18H24N4O. The Morgan fingerprint density at radius 2 is 2.13 bits per heavy atom. The van der Waals surface area contributed by atoms with Crippen molar-refractivity contribution in [3.63, 3.8) is 0 Å². The summed E-state index contributed by atoms with van der Waals surface area (Å²) in [7, 11) is 0. The first kappa shape index (κ1) is 14.8. The molecule has 4 heterocycles. The van der Waals surface area contributed by atoms with Gasteiger partial charge in [0.2, 0.25) is 0 Å². The highest BCUT2D eigenvalue weighted by molar-refractivity contribution is 5.97. The lowest BCUT2D eigenvalue weighted by molar-refractivity contribution is 0.208. The second kappa shape index (κ2) is 6.79. The lowest BCUT2D eigenvalue weighted by Crippen LogP contribution is -2.33. The van der Waals surface area contributed by atoms with Gasteiger partial charge in [0.25, 0.3) is 0 Å². The Morgan fingerprint density at radius 1 is 1.13 bits per heavy atom. The van der Waals surface area contributed by atoms with Gasteiger partial charge in [-0.1, -0.05) is 0 Å². The van der Waals surface area contributed by atoms with Crippen LogP contribution >= 0.6 is 0 Å². The third-order valence-corrected chi connectivity index (χ3v) is 4.83. The van der Waals surface area contributed by atoms with Gasteiger partial charge in [0.05, 0.1) is 24.3 Å². The average molecular weight is 312 g/mol. The molecule has 0 saturated heterocycles. The topological polar surface area (TPSA) is 50.6 Å². The predicted octanol–water partition coefficient (Wildman–Crippen LogP) is 2.50. The van der Waals surface area contributed by atoms with Crippen LogP contribution in [0.5, 0.6) is 0 Å². The largest absolute Gasteiger partial charge is 0.501 e. The van der Waals surface area contributed by atoms with Crippen LogP contribution < -0.4 is 0 Å². The lowest BCUT2D eigenvalue weighted by Gasteiger charge is -2.29. The Hall–Kier alpha value is -1.75. The zero-order chi connectivity index (χ0) is 15.5. The van der Waals surface area contributed by atoms with Crippen molar-refractivity contribution >= 4 is 5.71 Å². The molecule has 1 aromatic rings. The van der Waals surface area contributed by atoms with Gasteiger partial charge in [0.1, 0.15) is 0 Å². The summed E-state index contributed by atoms with van der Waals surface area (Å²) < 4.78 is 5.45. The molecule has 0 fully saturated rings. The summed E-state index contributed by atoms with van der Waals surface area (Å²) in [6.45, 7) is 4.81. The van der Waals surface area contributed by atoms with E-state index in [-0.39, 0.29) is 0 Å². The minimum Gasteiger partial charge on any atom is -0.501 e. The van der Waals surface area contributed by atoms with E-state index in [9.17, 15) is 0 Å². The molecule has 0 bridgehead atoms. The average Bonchev–Trinajstić information content (AvgIpc) is 2.63. The van der Waals surface area contributed by atoms with Gasteiger partial charge >= 0.3 is 0 Å². The van der Waals surface area contributed by atoms with Crippen molar-refractivity contribution in [2.75, 3.05) is 26.2 Å². The van der Waals surface area contributed by atoms with Crippen LogP contribution in [-0.2, 0) is 17.7 Å². The van der Waals surface area contributed by atoms with E-state index in [1.165, 1.54) is 36.1 Å². The van der Waals surface area contributed by atoms with E-state index in [1.54, 1.807) is 0 Å². The Labute approximate surface area is 137 Å². The van der Waals surface area contributed by atoms with Crippen LogP contribution in [-0.4, -0.2) is 46.8 Å². The van der Waals surface area contributed by atoms with Crippen molar-refractivity contribution in [2.45, 2.75) is 45.1 Å². The molecular weight excluding hydrogens is 288 g/mol. The molecule has 3 aliphatic rings. The first-order chi connectivity index (χ1) is 11.4. The fraction of sp³-hybridized carbons (Fsp3) is 0.611. The number of aromatic nitrogens is 2. The van der Waals surface area contributed by atoms with Crippen LogP contribution in [0.1, 0.15) is 49.2 Å². The SMILES string of the molecule is C1=C(CN2CCc3nc(C4=NCCCC4)ncc3C2)CCCO1. The number of ether oxygens (including phenoxy) is 1. The van der Waals surface area contributed by atoms with Gasteiger partial charge in [-0.2, -0.15) is 0 Å². The molecule has 0 radical (unpaired) electrons. The Kier molecular flexibility index (Phi) is 4.37. The van der Waals surface area contributed by atoms with Crippen LogP contribution in [0, 0.1) is 0 Å². The van der Waals surface area contributed by atoms with Crippen molar-refractivity contribution in [1.29, 1.82) is 0 Å². The van der Waals surface area contributed by atoms with Crippen molar-refractivity contribution < 1.29 is 4.74 Å². The van der Waals surface area contributed by atoms with Gasteiger partial charge < -0.3 is 4.74 Å². The molecule has 0 atom stereocenters. The van der Waals surface area contributed by atoms with Crippen LogP contribution in [0.2, 0.25) is 0 Å². The van der Waals surface area contributed by atoms with Gasteiger partial charge in [-0.15, -0.1) is 0 Å². The smallest absolute Gasteiger partial charge is 0.173 e. The number of fused-ring (bicyclic) bond motifs is 1. The van der Waals surface area contributed by atoms with Crippen molar-refractivity contribution in [2.24, 2.45) is 4.99 Å². The highest BCUT2D eigenvalue weighted by Gasteiger charge is 2.21. The summed E-state index contributed by atoms with van der Waals surface area (Å²) in [5.74, 6) is 0.861. The lowest BCUT2D eigenvalue weighted by atomic mass is 10.0. The maximum absolute atomic E-state index is 5.45. The van der Waals surface area contributed by atoms with E-state index in [4.69, 9.17) is 9.72 Å². The van der Waals surface area contributed by atoms with Gasteiger partial charge in [-0.3, -0.25) is 9.89 Å². The van der Waals surface area contributed by atoms with Crippen LogP contribution in [0.15, 0.2) is 23.0 Å². The number of aliphatic imine (C=N–C) groups is 1. The molecule has 0 amide bonds. The van der Waals surface area contributed by atoms with Crippen molar-refractivity contribution in [3.05, 3.63) is 35.1 Å². The van der Waals surface area contributed by atoms with E-state index in [0.717, 1.165) is 63.6 Å². The molecule has 0 saturated carbocycles. The Balaban J connectivity index is 1.45. The molecule has 0 aromatic carbocycles. The Morgan fingerprint density at radius 3 is 2.96 bits per heavy atom. The molecule has 1 aromatic heterocycles. The van der Waals surface area contributed by atoms with Gasteiger partial charge in [-0.25, -0.2) is 9.97 Å². The van der Waals surface area contributed by atoms with Gasteiger partial charge in [0.15, 0.2) is 5.82 Å². The molecule has 0 unspecified atom stereocenters. The van der Waals surface area contributed by atoms with E-state index in [0.29, 0.717) is 0 Å². The summed E-state index contributed by atoms with van der Waals surface area (Å²) in [4.78, 5) is 16.5. The fourth-order valence-corrected chi connectivity index (χ4v) is 3.55. The standard InChI is InChI=1S/C18H24N4O/c1-2-7-19-17(5-1)18-20-10-15-12-22(8-6-16(15)21-18)11-14-4-3-9-23-13-14/h10,13H,1-9,11-12H2. The van der Waals surface area contributed by atoms with Crippen molar-refractivity contribution in [3.8, 4) is 0 Å². The first-order valence-electron chi connectivity index (χ1n) is 8.79. The normalized spacial score (nSPS) is 21.9. The number of rotatable bonds is 3. The monoisotopic (exact) mass is 312 g/mol. The molecule has 4 rings (SSSR count). The van der Waals surface area contributed by atoms with E-state index in [2.05, 4.69) is 14.9 Å². The predicted molar refractivity (Wildman–Crippen MR) is 89.5 cm³/mol.